The number of hydrogen-bond acceptors (Lipinski definition) is 6. The smallest absolute Gasteiger partial charge is 0.218 e. The molecule has 2 aliphatic carbocycles. The van der Waals surface area contributed by atoms with Crippen LogP contribution in [0, 0.1) is 10.8 Å². The number of aliphatic hydroxyl groups excluding tert-OH is 1. The number of carbonyl (C=O) groups is 1. The maximum Gasteiger partial charge on any atom is 0.218 e. The third-order valence-electron chi connectivity index (χ3n) is 8.78. The summed E-state index contributed by atoms with van der Waals surface area (Å²) < 4.78 is 22.1. The van der Waals surface area contributed by atoms with Crippen LogP contribution in [0.2, 0.25) is 0 Å². The summed E-state index contributed by atoms with van der Waals surface area (Å²) in [7, 11) is 0. The van der Waals surface area contributed by atoms with E-state index in [0.717, 1.165) is 38.5 Å². The van der Waals surface area contributed by atoms with Gasteiger partial charge in [0.1, 0.15) is 6.10 Å². The summed E-state index contributed by atoms with van der Waals surface area (Å²) in [6.07, 6.45) is 4.19. The molecule has 4 heterocycles. The highest BCUT2D eigenvalue weighted by molar-refractivity contribution is 5.90. The molecule has 6 aliphatic rings. The summed E-state index contributed by atoms with van der Waals surface area (Å²) >= 11 is 0. The van der Waals surface area contributed by atoms with E-state index >= 15 is 0 Å². The van der Waals surface area contributed by atoms with E-state index in [-0.39, 0.29) is 28.8 Å². The first-order valence-corrected chi connectivity index (χ1v) is 12.4. The van der Waals surface area contributed by atoms with Crippen LogP contribution in [0.4, 0.5) is 0 Å². The summed E-state index contributed by atoms with van der Waals surface area (Å²) in [6.45, 7) is 1.22. The SMILES string of the molecule is O=C1[C@@H]2OC[C@H](CC13Cc1ccccc1C3)O2.O[C@@H]1[C@@H]2OC[C@H](CC13Cc1ccccc1C3)O2. The molecule has 4 bridgehead atoms. The number of benzene rings is 2. The molecule has 0 saturated carbocycles. The highest BCUT2D eigenvalue weighted by Gasteiger charge is 2.56. The van der Waals surface area contributed by atoms with Crippen molar-refractivity contribution in [3.05, 3.63) is 70.8 Å². The van der Waals surface area contributed by atoms with Gasteiger partial charge < -0.3 is 24.1 Å². The van der Waals surface area contributed by atoms with Crippen LogP contribution in [0.25, 0.3) is 0 Å². The molecule has 4 saturated heterocycles. The summed E-state index contributed by atoms with van der Waals surface area (Å²) in [4.78, 5) is 12.4. The Bertz CT molecular complexity index is 1080. The number of rotatable bonds is 0. The van der Waals surface area contributed by atoms with Gasteiger partial charge in [0.05, 0.1) is 25.4 Å². The van der Waals surface area contributed by atoms with Crippen LogP contribution < -0.4 is 0 Å². The molecular weight excluding hydrogens is 432 g/mol. The van der Waals surface area contributed by atoms with Crippen molar-refractivity contribution in [2.24, 2.45) is 10.8 Å². The molecule has 1 N–H and O–H groups in total. The minimum Gasteiger partial charge on any atom is -0.387 e. The first-order chi connectivity index (χ1) is 16.5. The number of carbonyl (C=O) groups excluding carboxylic acids is 1. The van der Waals surface area contributed by atoms with Crippen molar-refractivity contribution in [1.29, 1.82) is 0 Å². The average Bonchev–Trinajstić information content (AvgIpc) is 3.60. The van der Waals surface area contributed by atoms with Crippen molar-refractivity contribution in [2.75, 3.05) is 13.2 Å². The molecule has 8 rings (SSSR count). The fraction of sp³-hybridized carbons (Fsp3) is 0.536. The number of aliphatic hydroxyl groups is 1. The second-order valence-corrected chi connectivity index (χ2v) is 11.0. The monoisotopic (exact) mass is 462 g/mol. The van der Waals surface area contributed by atoms with Crippen molar-refractivity contribution in [2.45, 2.75) is 69.4 Å². The molecule has 4 fully saturated rings. The largest absolute Gasteiger partial charge is 0.387 e. The third-order valence-corrected chi connectivity index (χ3v) is 8.78. The second kappa shape index (κ2) is 7.70. The number of hydrogen-bond donors (Lipinski definition) is 1. The molecule has 4 aliphatic heterocycles. The zero-order valence-electron chi connectivity index (χ0n) is 19.2. The van der Waals surface area contributed by atoms with Crippen LogP contribution in [-0.4, -0.2) is 55.0 Å². The van der Waals surface area contributed by atoms with E-state index < -0.39 is 18.7 Å². The third kappa shape index (κ3) is 3.23. The van der Waals surface area contributed by atoms with Gasteiger partial charge in [0, 0.05) is 10.8 Å². The maximum atomic E-state index is 12.4. The zero-order valence-corrected chi connectivity index (χ0v) is 19.2. The molecule has 0 radical (unpaired) electrons. The Morgan fingerprint density at radius 1 is 0.735 bits per heavy atom. The van der Waals surface area contributed by atoms with Crippen LogP contribution >= 0.6 is 0 Å². The fourth-order valence-corrected chi connectivity index (χ4v) is 7.17. The summed E-state index contributed by atoms with van der Waals surface area (Å²) in [5.41, 5.74) is 5.12. The lowest BCUT2D eigenvalue weighted by Crippen LogP contribution is -2.49. The van der Waals surface area contributed by atoms with Gasteiger partial charge in [0.2, 0.25) is 6.29 Å². The Morgan fingerprint density at radius 3 is 1.94 bits per heavy atom. The van der Waals surface area contributed by atoms with Crippen molar-refractivity contribution in [1.82, 2.24) is 0 Å². The molecule has 178 valence electrons. The van der Waals surface area contributed by atoms with E-state index in [9.17, 15) is 9.90 Å². The van der Waals surface area contributed by atoms with Gasteiger partial charge in [-0.05, 0) is 60.8 Å². The molecule has 2 aromatic rings. The zero-order chi connectivity index (χ0) is 22.9. The standard InChI is InChI=1S/C14H16O3.C14H14O3/c2*15-12-13-16-8-11(17-13)7-14(12)5-9-3-1-2-4-10(9)6-14/h1-4,11-13,15H,5-8H2;1-4,11,13H,5-8H2/t11-,12+,13+;11-,13+/m00/s1. The van der Waals surface area contributed by atoms with Gasteiger partial charge in [-0.15, -0.1) is 0 Å². The summed E-state index contributed by atoms with van der Waals surface area (Å²) in [6, 6.07) is 16.9. The van der Waals surface area contributed by atoms with E-state index in [0.29, 0.717) is 13.2 Å². The lowest BCUT2D eigenvalue weighted by atomic mass is 9.73. The molecule has 5 atom stereocenters. The van der Waals surface area contributed by atoms with E-state index in [2.05, 4.69) is 36.4 Å². The molecule has 0 unspecified atom stereocenters. The second-order valence-electron chi connectivity index (χ2n) is 11.0. The number of fused-ring (bicyclic) bond motifs is 6. The highest BCUT2D eigenvalue weighted by Crippen LogP contribution is 2.50. The molecule has 2 aromatic carbocycles. The molecule has 0 amide bonds. The predicted molar refractivity (Wildman–Crippen MR) is 122 cm³/mol. The lowest BCUT2D eigenvalue weighted by Gasteiger charge is -2.40. The van der Waals surface area contributed by atoms with Gasteiger partial charge in [-0.2, -0.15) is 0 Å². The van der Waals surface area contributed by atoms with Crippen molar-refractivity contribution < 1.29 is 28.8 Å². The van der Waals surface area contributed by atoms with Gasteiger partial charge in [-0.3, -0.25) is 4.79 Å². The summed E-state index contributed by atoms with van der Waals surface area (Å²) in [5, 5.41) is 10.5. The van der Waals surface area contributed by atoms with Gasteiger partial charge in [-0.25, -0.2) is 0 Å². The lowest BCUT2D eigenvalue weighted by molar-refractivity contribution is -0.203. The number of ether oxygens (including phenoxy) is 4. The molecule has 6 nitrogen and oxygen atoms in total. The van der Waals surface area contributed by atoms with Gasteiger partial charge in [0.25, 0.3) is 0 Å². The Balaban J connectivity index is 0.000000118. The quantitative estimate of drug-likeness (QED) is 0.649. The Hall–Kier alpha value is -2.09. The number of ketones is 1. The predicted octanol–water partition coefficient (Wildman–Crippen LogP) is 2.76. The molecule has 6 heteroatoms. The normalized spacial score (nSPS) is 35.2. The van der Waals surface area contributed by atoms with E-state index in [1.807, 2.05) is 12.1 Å². The van der Waals surface area contributed by atoms with Crippen molar-refractivity contribution in [3.8, 4) is 0 Å². The number of Topliss-reactive ketones (excluding diaryl/α,β-unsaturated/α-hetero) is 1. The van der Waals surface area contributed by atoms with Gasteiger partial charge in [0.15, 0.2) is 12.1 Å². The Morgan fingerprint density at radius 2 is 1.29 bits per heavy atom. The van der Waals surface area contributed by atoms with Gasteiger partial charge in [-0.1, -0.05) is 48.5 Å². The molecule has 2 spiro atoms. The molecular formula is C28H30O6. The van der Waals surface area contributed by atoms with E-state index in [1.165, 1.54) is 22.3 Å². The molecule has 0 aromatic heterocycles. The Kier molecular flexibility index (Phi) is 4.81. The van der Waals surface area contributed by atoms with Gasteiger partial charge >= 0.3 is 0 Å². The minimum absolute atomic E-state index is 0.0478. The maximum absolute atomic E-state index is 12.4. The topological polar surface area (TPSA) is 74.2 Å². The van der Waals surface area contributed by atoms with E-state index in [4.69, 9.17) is 18.9 Å². The first kappa shape index (κ1) is 21.2. The van der Waals surface area contributed by atoms with Crippen molar-refractivity contribution in [3.63, 3.8) is 0 Å². The van der Waals surface area contributed by atoms with Crippen LogP contribution in [0.5, 0.6) is 0 Å². The van der Waals surface area contributed by atoms with E-state index in [1.54, 1.807) is 0 Å². The Labute approximate surface area is 199 Å². The average molecular weight is 463 g/mol. The van der Waals surface area contributed by atoms with Crippen LogP contribution in [0.1, 0.15) is 35.1 Å². The van der Waals surface area contributed by atoms with Crippen LogP contribution in [0.15, 0.2) is 48.5 Å². The van der Waals surface area contributed by atoms with Crippen LogP contribution in [-0.2, 0) is 49.4 Å². The summed E-state index contributed by atoms with van der Waals surface area (Å²) in [5.74, 6) is 0.155. The van der Waals surface area contributed by atoms with Crippen LogP contribution in [0.3, 0.4) is 0 Å². The van der Waals surface area contributed by atoms with Crippen molar-refractivity contribution >= 4 is 5.78 Å². The fourth-order valence-electron chi connectivity index (χ4n) is 7.17. The first-order valence-electron chi connectivity index (χ1n) is 12.4. The minimum atomic E-state index is -0.594. The molecule has 34 heavy (non-hydrogen) atoms. The highest BCUT2D eigenvalue weighted by atomic mass is 16.7.